The van der Waals surface area contributed by atoms with Gasteiger partial charge in [-0.05, 0) is 18.2 Å². The molecule has 1 rings (SSSR count). The zero-order valence-corrected chi connectivity index (χ0v) is 10.3. The molecule has 16 heavy (non-hydrogen) atoms. The molecule has 0 aliphatic heterocycles. The molecule has 1 aromatic carbocycles. The van der Waals surface area contributed by atoms with Crippen LogP contribution in [0.2, 0.25) is 5.02 Å². The fourth-order valence-corrected chi connectivity index (χ4v) is 1.94. The van der Waals surface area contributed by atoms with Crippen LogP contribution >= 0.6 is 23.4 Å². The van der Waals surface area contributed by atoms with Gasteiger partial charge in [0.15, 0.2) is 0 Å². The summed E-state index contributed by atoms with van der Waals surface area (Å²) < 4.78 is 5.44. The number of halogens is 1. The summed E-state index contributed by atoms with van der Waals surface area (Å²) in [4.78, 5) is 10.2. The molecule has 0 aromatic heterocycles. The normalized spacial score (nSPS) is 10.1. The average Bonchev–Trinajstić information content (AvgIpc) is 2.23. The van der Waals surface area contributed by atoms with E-state index in [2.05, 4.69) is 0 Å². The average molecular weight is 261 g/mol. The number of hydrogen-bond donors (Lipinski definition) is 1. The lowest BCUT2D eigenvalue weighted by Crippen LogP contribution is -2.02. The summed E-state index contributed by atoms with van der Waals surface area (Å²) in [6.07, 6.45) is 0.196. The van der Waals surface area contributed by atoms with Crippen LogP contribution in [0.5, 0.6) is 5.75 Å². The highest BCUT2D eigenvalue weighted by atomic mass is 35.5. The molecule has 0 saturated carbocycles. The van der Waals surface area contributed by atoms with Crippen LogP contribution in [0.1, 0.15) is 6.42 Å². The third kappa shape index (κ3) is 5.88. The smallest absolute Gasteiger partial charge is 0.304 e. The van der Waals surface area contributed by atoms with E-state index in [1.807, 2.05) is 12.1 Å². The molecule has 0 spiro atoms. The van der Waals surface area contributed by atoms with E-state index in [-0.39, 0.29) is 6.42 Å². The minimum Gasteiger partial charge on any atom is -0.493 e. The van der Waals surface area contributed by atoms with Crippen molar-refractivity contribution in [3.8, 4) is 5.75 Å². The van der Waals surface area contributed by atoms with E-state index in [1.54, 1.807) is 23.9 Å². The van der Waals surface area contributed by atoms with Crippen molar-refractivity contribution in [3.05, 3.63) is 29.3 Å². The molecule has 1 N–H and O–H groups in total. The predicted molar refractivity (Wildman–Crippen MR) is 66.5 cm³/mol. The van der Waals surface area contributed by atoms with Gasteiger partial charge in [-0.15, -0.1) is 0 Å². The zero-order valence-electron chi connectivity index (χ0n) is 8.69. The number of benzene rings is 1. The molecule has 1 aromatic rings. The molecule has 0 bridgehead atoms. The van der Waals surface area contributed by atoms with Crippen molar-refractivity contribution in [2.75, 3.05) is 18.1 Å². The number of ether oxygens (including phenoxy) is 1. The topological polar surface area (TPSA) is 46.5 Å². The highest BCUT2D eigenvalue weighted by molar-refractivity contribution is 7.99. The number of hydrogen-bond acceptors (Lipinski definition) is 3. The molecule has 0 atom stereocenters. The van der Waals surface area contributed by atoms with Crippen LogP contribution in [0.15, 0.2) is 24.3 Å². The molecule has 0 aliphatic rings. The molecule has 0 fully saturated rings. The maximum absolute atomic E-state index is 10.2. The Morgan fingerprint density at radius 3 is 2.94 bits per heavy atom. The lowest BCUT2D eigenvalue weighted by atomic mass is 10.3. The number of rotatable bonds is 7. The predicted octanol–water partition coefficient (Wildman–Crippen LogP) is 2.93. The molecule has 88 valence electrons. The van der Waals surface area contributed by atoms with Crippen LogP contribution in [0.25, 0.3) is 0 Å². The summed E-state index contributed by atoms with van der Waals surface area (Å²) in [6.45, 7) is 0.560. The molecule has 0 unspecified atom stereocenters. The van der Waals surface area contributed by atoms with E-state index in [4.69, 9.17) is 21.4 Å². The van der Waals surface area contributed by atoms with Crippen LogP contribution in [-0.2, 0) is 4.79 Å². The molecule has 0 amide bonds. The maximum Gasteiger partial charge on any atom is 0.304 e. The van der Waals surface area contributed by atoms with Crippen LogP contribution in [0.4, 0.5) is 0 Å². The van der Waals surface area contributed by atoms with Crippen molar-refractivity contribution in [1.82, 2.24) is 0 Å². The lowest BCUT2D eigenvalue weighted by molar-refractivity contribution is -0.136. The van der Waals surface area contributed by atoms with Crippen LogP contribution in [-0.4, -0.2) is 29.2 Å². The largest absolute Gasteiger partial charge is 0.493 e. The Morgan fingerprint density at radius 2 is 2.25 bits per heavy atom. The summed E-state index contributed by atoms with van der Waals surface area (Å²) in [5.74, 6) is 1.38. The standard InChI is InChI=1S/C11H13ClO3S/c12-9-2-1-3-10(8-9)15-5-7-16-6-4-11(13)14/h1-3,8H,4-7H2,(H,13,14). The van der Waals surface area contributed by atoms with Crippen molar-refractivity contribution in [3.63, 3.8) is 0 Å². The highest BCUT2D eigenvalue weighted by Crippen LogP contribution is 2.17. The first kappa shape index (κ1) is 13.2. The molecule has 0 saturated heterocycles. The quantitative estimate of drug-likeness (QED) is 0.766. The Balaban J connectivity index is 2.09. The van der Waals surface area contributed by atoms with E-state index in [0.717, 1.165) is 11.5 Å². The first-order chi connectivity index (χ1) is 7.68. The van der Waals surface area contributed by atoms with Gasteiger partial charge in [0.05, 0.1) is 13.0 Å². The minimum absolute atomic E-state index is 0.196. The number of carboxylic acid groups (broad SMARTS) is 1. The Morgan fingerprint density at radius 1 is 1.44 bits per heavy atom. The van der Waals surface area contributed by atoms with Gasteiger partial charge in [-0.1, -0.05) is 17.7 Å². The molecule has 5 heteroatoms. The number of thioether (sulfide) groups is 1. The van der Waals surface area contributed by atoms with Gasteiger partial charge in [0.25, 0.3) is 0 Å². The van der Waals surface area contributed by atoms with Gasteiger partial charge in [0.2, 0.25) is 0 Å². The van der Waals surface area contributed by atoms with E-state index < -0.39 is 5.97 Å². The first-order valence-electron chi connectivity index (χ1n) is 4.86. The van der Waals surface area contributed by atoms with E-state index in [9.17, 15) is 4.79 Å². The van der Waals surface area contributed by atoms with Gasteiger partial charge in [0.1, 0.15) is 5.75 Å². The van der Waals surface area contributed by atoms with E-state index >= 15 is 0 Å². The van der Waals surface area contributed by atoms with Gasteiger partial charge in [-0.3, -0.25) is 4.79 Å². The van der Waals surface area contributed by atoms with Crippen LogP contribution in [0.3, 0.4) is 0 Å². The Labute approximate surface area is 104 Å². The second-order valence-electron chi connectivity index (χ2n) is 3.06. The molecule has 0 heterocycles. The monoisotopic (exact) mass is 260 g/mol. The third-order valence-electron chi connectivity index (χ3n) is 1.75. The lowest BCUT2D eigenvalue weighted by Gasteiger charge is -2.05. The van der Waals surface area contributed by atoms with Gasteiger partial charge in [-0.2, -0.15) is 11.8 Å². The van der Waals surface area contributed by atoms with Gasteiger partial charge >= 0.3 is 5.97 Å². The SMILES string of the molecule is O=C(O)CCSCCOc1cccc(Cl)c1. The first-order valence-corrected chi connectivity index (χ1v) is 6.39. The van der Waals surface area contributed by atoms with Crippen LogP contribution < -0.4 is 4.74 Å². The summed E-state index contributed by atoms with van der Waals surface area (Å²) in [5.41, 5.74) is 0. The highest BCUT2D eigenvalue weighted by Gasteiger charge is 1.98. The number of aliphatic carboxylic acids is 1. The second-order valence-corrected chi connectivity index (χ2v) is 4.72. The summed E-state index contributed by atoms with van der Waals surface area (Å²) in [6, 6.07) is 7.21. The van der Waals surface area contributed by atoms with Crippen LogP contribution in [0, 0.1) is 0 Å². The van der Waals surface area contributed by atoms with Crippen molar-refractivity contribution >= 4 is 29.3 Å². The van der Waals surface area contributed by atoms with Crippen molar-refractivity contribution in [1.29, 1.82) is 0 Å². The maximum atomic E-state index is 10.2. The van der Waals surface area contributed by atoms with Crippen molar-refractivity contribution in [2.45, 2.75) is 6.42 Å². The fraction of sp³-hybridized carbons (Fsp3) is 0.364. The van der Waals surface area contributed by atoms with E-state index in [0.29, 0.717) is 17.4 Å². The third-order valence-corrected chi connectivity index (χ3v) is 2.94. The van der Waals surface area contributed by atoms with Gasteiger partial charge in [-0.25, -0.2) is 0 Å². The molecular weight excluding hydrogens is 248 g/mol. The molecular formula is C11H13ClO3S. The zero-order chi connectivity index (χ0) is 11.8. The minimum atomic E-state index is -0.761. The number of carboxylic acids is 1. The summed E-state index contributed by atoms with van der Waals surface area (Å²) in [5, 5.41) is 9.07. The summed E-state index contributed by atoms with van der Waals surface area (Å²) >= 11 is 7.36. The molecule has 3 nitrogen and oxygen atoms in total. The summed E-state index contributed by atoms with van der Waals surface area (Å²) in [7, 11) is 0. The van der Waals surface area contributed by atoms with E-state index in [1.165, 1.54) is 0 Å². The second kappa shape index (κ2) is 7.41. The van der Waals surface area contributed by atoms with Crippen molar-refractivity contribution in [2.24, 2.45) is 0 Å². The Hall–Kier alpha value is -0.870. The molecule has 0 aliphatic carbocycles. The van der Waals surface area contributed by atoms with Gasteiger partial charge < -0.3 is 9.84 Å². The fourth-order valence-electron chi connectivity index (χ4n) is 1.04. The molecule has 0 radical (unpaired) electrons. The van der Waals surface area contributed by atoms with Crippen molar-refractivity contribution < 1.29 is 14.6 Å². The van der Waals surface area contributed by atoms with Gasteiger partial charge in [0, 0.05) is 16.5 Å². The number of carbonyl (C=O) groups is 1. The Bertz CT molecular complexity index is 344. The Kier molecular flexibility index (Phi) is 6.11.